The molecule has 1 heterocycles. The maximum Gasteiger partial charge on any atom is 0.137 e. The number of halogens is 1. The van der Waals surface area contributed by atoms with Gasteiger partial charge in [-0.2, -0.15) is 0 Å². The van der Waals surface area contributed by atoms with Crippen molar-refractivity contribution in [2.24, 2.45) is 0 Å². The summed E-state index contributed by atoms with van der Waals surface area (Å²) in [6.07, 6.45) is 8.28. The Labute approximate surface area is 119 Å². The second-order valence-electron chi connectivity index (χ2n) is 5.07. The summed E-state index contributed by atoms with van der Waals surface area (Å²) in [7, 11) is 0. The highest BCUT2D eigenvalue weighted by molar-refractivity contribution is 6.30. The molecule has 5 heteroatoms. The van der Waals surface area contributed by atoms with Crippen LogP contribution in [-0.4, -0.2) is 34.3 Å². The van der Waals surface area contributed by atoms with Crippen LogP contribution >= 0.6 is 11.6 Å². The Morgan fingerprint density at radius 3 is 2.74 bits per heavy atom. The van der Waals surface area contributed by atoms with Crippen molar-refractivity contribution in [2.45, 2.75) is 51.5 Å². The predicted molar refractivity (Wildman–Crippen MR) is 77.7 cm³/mol. The van der Waals surface area contributed by atoms with E-state index in [9.17, 15) is 5.11 Å². The number of aliphatic hydroxyl groups excluding tert-OH is 1. The van der Waals surface area contributed by atoms with Crippen LogP contribution in [0.15, 0.2) is 6.33 Å². The molecule has 1 aromatic rings. The molecule has 0 atom stereocenters. The lowest BCUT2D eigenvalue weighted by Gasteiger charge is -2.31. The molecule has 0 bridgehead atoms. The van der Waals surface area contributed by atoms with Gasteiger partial charge in [0.25, 0.3) is 0 Å². The number of nitrogens with zero attached hydrogens (tertiary/aromatic N) is 3. The number of rotatable bonds is 6. The summed E-state index contributed by atoms with van der Waals surface area (Å²) in [6.45, 7) is 2.89. The van der Waals surface area contributed by atoms with Crippen molar-refractivity contribution in [1.82, 2.24) is 9.97 Å². The van der Waals surface area contributed by atoms with Crippen LogP contribution < -0.4 is 4.90 Å². The minimum atomic E-state index is 0.143. The maximum atomic E-state index is 9.33. The molecule has 0 unspecified atom stereocenters. The van der Waals surface area contributed by atoms with Gasteiger partial charge in [-0.25, -0.2) is 9.97 Å². The molecule has 1 N–H and O–H groups in total. The molecular formula is C14H22ClN3O. The molecule has 1 aliphatic carbocycles. The van der Waals surface area contributed by atoms with Crippen molar-refractivity contribution in [1.29, 1.82) is 0 Å². The zero-order chi connectivity index (χ0) is 13.7. The smallest absolute Gasteiger partial charge is 0.137 e. The van der Waals surface area contributed by atoms with Crippen LogP contribution in [0.3, 0.4) is 0 Å². The zero-order valence-corrected chi connectivity index (χ0v) is 12.2. The van der Waals surface area contributed by atoms with Crippen LogP contribution in [0.4, 0.5) is 5.82 Å². The van der Waals surface area contributed by atoms with Crippen LogP contribution in [0.2, 0.25) is 5.15 Å². The Balaban J connectivity index is 2.31. The van der Waals surface area contributed by atoms with Crippen molar-refractivity contribution < 1.29 is 5.11 Å². The van der Waals surface area contributed by atoms with Gasteiger partial charge in [0.05, 0.1) is 6.61 Å². The normalized spacial score (nSPS) is 15.9. The summed E-state index contributed by atoms with van der Waals surface area (Å²) in [6, 6.07) is 0.480. The quantitative estimate of drug-likeness (QED) is 0.816. The third-order valence-corrected chi connectivity index (χ3v) is 4.07. The lowest BCUT2D eigenvalue weighted by Crippen LogP contribution is -2.37. The number of hydrogen-bond donors (Lipinski definition) is 1. The average molecular weight is 284 g/mol. The molecule has 1 fully saturated rings. The minimum Gasteiger partial charge on any atom is -0.395 e. The Kier molecular flexibility index (Phi) is 5.40. The van der Waals surface area contributed by atoms with Gasteiger partial charge in [0.2, 0.25) is 0 Å². The molecule has 0 amide bonds. The van der Waals surface area contributed by atoms with Gasteiger partial charge in [0.1, 0.15) is 17.3 Å². The molecule has 0 aliphatic heterocycles. The van der Waals surface area contributed by atoms with Crippen LogP contribution in [-0.2, 0) is 6.42 Å². The lowest BCUT2D eigenvalue weighted by atomic mass is 10.1. The predicted octanol–water partition coefficient (Wildman–Crippen LogP) is 2.82. The van der Waals surface area contributed by atoms with Gasteiger partial charge in [0, 0.05) is 18.2 Å². The van der Waals surface area contributed by atoms with Gasteiger partial charge in [-0.3, -0.25) is 0 Å². The highest BCUT2D eigenvalue weighted by Gasteiger charge is 2.25. The summed E-state index contributed by atoms with van der Waals surface area (Å²) in [5.74, 6) is 0.919. The molecular weight excluding hydrogens is 262 g/mol. The first-order valence-electron chi connectivity index (χ1n) is 7.14. The fourth-order valence-corrected chi connectivity index (χ4v) is 3.10. The van der Waals surface area contributed by atoms with E-state index in [-0.39, 0.29) is 6.61 Å². The molecule has 0 spiro atoms. The first kappa shape index (κ1) is 14.5. The maximum absolute atomic E-state index is 9.33. The molecule has 1 aliphatic rings. The fraction of sp³-hybridized carbons (Fsp3) is 0.714. The van der Waals surface area contributed by atoms with Crippen LogP contribution in [0.5, 0.6) is 0 Å². The topological polar surface area (TPSA) is 49.2 Å². The minimum absolute atomic E-state index is 0.143. The number of aromatic nitrogens is 2. The SMILES string of the molecule is CCCc1c(Cl)ncnc1N(CCO)C1CCCC1. The van der Waals surface area contributed by atoms with Crippen molar-refractivity contribution in [3.8, 4) is 0 Å². The van der Waals surface area contributed by atoms with E-state index < -0.39 is 0 Å². The highest BCUT2D eigenvalue weighted by Crippen LogP contribution is 2.31. The monoisotopic (exact) mass is 283 g/mol. The van der Waals surface area contributed by atoms with Gasteiger partial charge < -0.3 is 10.0 Å². The molecule has 2 rings (SSSR count). The Morgan fingerprint density at radius 2 is 2.11 bits per heavy atom. The van der Waals surface area contributed by atoms with Gasteiger partial charge in [-0.05, 0) is 19.3 Å². The summed E-state index contributed by atoms with van der Waals surface area (Å²) in [5.41, 5.74) is 1.02. The van der Waals surface area contributed by atoms with E-state index in [2.05, 4.69) is 21.8 Å². The van der Waals surface area contributed by atoms with Crippen LogP contribution in [0.1, 0.15) is 44.6 Å². The Morgan fingerprint density at radius 1 is 1.37 bits per heavy atom. The number of aliphatic hydroxyl groups is 1. The average Bonchev–Trinajstić information content (AvgIpc) is 2.92. The van der Waals surface area contributed by atoms with E-state index in [1.807, 2.05) is 0 Å². The van der Waals surface area contributed by atoms with Crippen LogP contribution in [0, 0.1) is 0 Å². The molecule has 106 valence electrons. The van der Waals surface area contributed by atoms with Crippen molar-refractivity contribution in [2.75, 3.05) is 18.1 Å². The van der Waals surface area contributed by atoms with Gasteiger partial charge >= 0.3 is 0 Å². The van der Waals surface area contributed by atoms with E-state index in [1.165, 1.54) is 32.0 Å². The third kappa shape index (κ3) is 3.37. The molecule has 1 saturated carbocycles. The van der Waals surface area contributed by atoms with E-state index in [4.69, 9.17) is 11.6 Å². The van der Waals surface area contributed by atoms with Gasteiger partial charge in [-0.1, -0.05) is 37.8 Å². The summed E-state index contributed by atoms with van der Waals surface area (Å²) >= 11 is 6.22. The number of hydrogen-bond acceptors (Lipinski definition) is 4. The first-order chi connectivity index (χ1) is 9.27. The lowest BCUT2D eigenvalue weighted by molar-refractivity contribution is 0.296. The van der Waals surface area contributed by atoms with E-state index in [1.54, 1.807) is 0 Å². The Bertz CT molecular complexity index is 408. The second-order valence-corrected chi connectivity index (χ2v) is 5.43. The van der Waals surface area contributed by atoms with Crippen LogP contribution in [0.25, 0.3) is 0 Å². The summed E-state index contributed by atoms with van der Waals surface area (Å²) < 4.78 is 0. The summed E-state index contributed by atoms with van der Waals surface area (Å²) in [5, 5.41) is 9.88. The molecule has 19 heavy (non-hydrogen) atoms. The van der Waals surface area contributed by atoms with Crippen molar-refractivity contribution >= 4 is 17.4 Å². The van der Waals surface area contributed by atoms with Gasteiger partial charge in [-0.15, -0.1) is 0 Å². The largest absolute Gasteiger partial charge is 0.395 e. The molecule has 0 saturated heterocycles. The van der Waals surface area contributed by atoms with E-state index >= 15 is 0 Å². The molecule has 1 aromatic heterocycles. The molecule has 0 radical (unpaired) electrons. The standard InChI is InChI=1S/C14H22ClN3O/c1-2-5-12-13(15)16-10-17-14(12)18(8-9-19)11-6-3-4-7-11/h10-11,19H,2-9H2,1H3. The van der Waals surface area contributed by atoms with E-state index in [0.717, 1.165) is 24.2 Å². The van der Waals surface area contributed by atoms with Gasteiger partial charge in [0.15, 0.2) is 0 Å². The third-order valence-electron chi connectivity index (χ3n) is 3.75. The van der Waals surface area contributed by atoms with Crippen molar-refractivity contribution in [3.63, 3.8) is 0 Å². The Hall–Kier alpha value is -0.870. The fourth-order valence-electron chi connectivity index (χ4n) is 2.88. The highest BCUT2D eigenvalue weighted by atomic mass is 35.5. The first-order valence-corrected chi connectivity index (χ1v) is 7.52. The zero-order valence-electron chi connectivity index (χ0n) is 11.5. The second kappa shape index (κ2) is 7.06. The molecule has 4 nitrogen and oxygen atoms in total. The van der Waals surface area contributed by atoms with Crippen molar-refractivity contribution in [3.05, 3.63) is 17.0 Å². The van der Waals surface area contributed by atoms with E-state index in [0.29, 0.717) is 17.7 Å². The molecule has 0 aromatic carbocycles. The summed E-state index contributed by atoms with van der Waals surface area (Å²) in [4.78, 5) is 10.8. The number of anilines is 1.